The average molecular weight is 404 g/mol. The van der Waals surface area contributed by atoms with Gasteiger partial charge >= 0.3 is 0 Å². The van der Waals surface area contributed by atoms with Crippen LogP contribution in [-0.2, 0) is 11.2 Å². The summed E-state index contributed by atoms with van der Waals surface area (Å²) in [6.07, 6.45) is 3.79. The number of carbonyl (C=O) groups excluding carboxylic acids is 2. The van der Waals surface area contributed by atoms with Crippen molar-refractivity contribution < 1.29 is 14.0 Å². The van der Waals surface area contributed by atoms with Crippen LogP contribution in [0.15, 0.2) is 41.1 Å². The molecule has 2 N–H and O–H groups in total. The van der Waals surface area contributed by atoms with Gasteiger partial charge in [-0.3, -0.25) is 9.59 Å². The lowest BCUT2D eigenvalue weighted by Gasteiger charge is -2.05. The number of benzene rings is 1. The number of nitrogens with one attached hydrogen (secondary N) is 2. The lowest BCUT2D eigenvalue weighted by Crippen LogP contribution is -2.32. The maximum absolute atomic E-state index is 12.0. The van der Waals surface area contributed by atoms with Crippen LogP contribution in [-0.4, -0.2) is 23.3 Å². The van der Waals surface area contributed by atoms with Crippen LogP contribution >= 0.6 is 22.9 Å². The molecule has 0 fully saturated rings. The van der Waals surface area contributed by atoms with Crippen LogP contribution in [0.3, 0.4) is 0 Å². The summed E-state index contributed by atoms with van der Waals surface area (Å²) in [5.41, 5.74) is 2.45. The number of halogens is 1. The van der Waals surface area contributed by atoms with Crippen molar-refractivity contribution in [2.75, 3.05) is 11.9 Å². The number of nitrogens with zero attached hydrogens (tertiary/aromatic N) is 1. The van der Waals surface area contributed by atoms with Gasteiger partial charge in [-0.05, 0) is 31.0 Å². The van der Waals surface area contributed by atoms with E-state index in [-0.39, 0.29) is 18.4 Å². The fourth-order valence-corrected chi connectivity index (χ4v) is 3.56. The molecule has 2 amide bonds. The highest BCUT2D eigenvalue weighted by Gasteiger charge is 2.14. The van der Waals surface area contributed by atoms with Crippen molar-refractivity contribution in [3.05, 3.63) is 69.1 Å². The fraction of sp³-hybridized carbons (Fsp3) is 0.211. The van der Waals surface area contributed by atoms with Crippen molar-refractivity contribution in [3.8, 4) is 0 Å². The van der Waals surface area contributed by atoms with Crippen molar-refractivity contribution in [2.45, 2.75) is 20.3 Å². The predicted molar refractivity (Wildman–Crippen MR) is 106 cm³/mol. The summed E-state index contributed by atoms with van der Waals surface area (Å²) in [5.74, 6) is -0.198. The van der Waals surface area contributed by atoms with Crippen molar-refractivity contribution in [3.63, 3.8) is 0 Å². The smallest absolute Gasteiger partial charge is 0.255 e. The van der Waals surface area contributed by atoms with Gasteiger partial charge in [-0.1, -0.05) is 29.8 Å². The highest BCUT2D eigenvalue weighted by molar-refractivity contribution is 7.15. The minimum Gasteiger partial charge on any atom is -0.469 e. The number of thiazole rings is 1. The van der Waals surface area contributed by atoms with Gasteiger partial charge in [-0.2, -0.15) is 0 Å². The van der Waals surface area contributed by atoms with Gasteiger partial charge in [0, 0.05) is 22.5 Å². The van der Waals surface area contributed by atoms with Crippen LogP contribution in [0.25, 0.3) is 0 Å². The first kappa shape index (κ1) is 19.1. The number of aryl methyl sites for hydroxylation is 2. The van der Waals surface area contributed by atoms with E-state index in [4.69, 9.17) is 16.0 Å². The van der Waals surface area contributed by atoms with E-state index >= 15 is 0 Å². The second kappa shape index (κ2) is 8.37. The van der Waals surface area contributed by atoms with Gasteiger partial charge in [-0.15, -0.1) is 11.3 Å². The molecule has 6 nitrogen and oxygen atoms in total. The maximum atomic E-state index is 12.0. The second-order valence-corrected chi connectivity index (χ2v) is 7.47. The number of rotatable bonds is 6. The third kappa shape index (κ3) is 4.75. The van der Waals surface area contributed by atoms with E-state index in [1.54, 1.807) is 19.2 Å². The van der Waals surface area contributed by atoms with Gasteiger partial charge in [0.15, 0.2) is 5.13 Å². The Hall–Kier alpha value is -2.64. The Balaban J connectivity index is 1.54. The van der Waals surface area contributed by atoms with E-state index in [0.717, 1.165) is 21.0 Å². The number of hydrogen-bond acceptors (Lipinski definition) is 5. The molecule has 1 aromatic carbocycles. The summed E-state index contributed by atoms with van der Waals surface area (Å²) >= 11 is 7.70. The van der Waals surface area contributed by atoms with E-state index in [1.165, 1.54) is 17.6 Å². The monoisotopic (exact) mass is 403 g/mol. The third-order valence-corrected chi connectivity index (χ3v) is 5.40. The molecule has 0 radical (unpaired) electrons. The minimum absolute atomic E-state index is 0.151. The highest BCUT2D eigenvalue weighted by Crippen LogP contribution is 2.26. The van der Waals surface area contributed by atoms with Gasteiger partial charge in [0.25, 0.3) is 5.91 Å². The number of carbonyl (C=O) groups is 2. The van der Waals surface area contributed by atoms with E-state index in [0.29, 0.717) is 22.9 Å². The number of furan rings is 1. The summed E-state index contributed by atoms with van der Waals surface area (Å²) in [7, 11) is 0. The molecule has 0 bridgehead atoms. The average Bonchev–Trinajstić information content (AvgIpc) is 3.26. The molecule has 0 atom stereocenters. The first-order valence-electron chi connectivity index (χ1n) is 8.25. The number of aromatic nitrogens is 1. The molecule has 0 unspecified atom stereocenters. The number of anilines is 1. The van der Waals surface area contributed by atoms with Gasteiger partial charge in [0.2, 0.25) is 5.91 Å². The molecule has 140 valence electrons. The molecule has 2 heterocycles. The summed E-state index contributed by atoms with van der Waals surface area (Å²) in [5, 5.41) is 6.46. The van der Waals surface area contributed by atoms with Crippen molar-refractivity contribution in [1.82, 2.24) is 10.3 Å². The molecule has 8 heteroatoms. The Morgan fingerprint density at radius 2 is 2.07 bits per heavy atom. The van der Waals surface area contributed by atoms with Gasteiger partial charge in [0.05, 0.1) is 18.4 Å². The zero-order chi connectivity index (χ0) is 19.4. The lowest BCUT2D eigenvalue weighted by atomic mass is 10.1. The quantitative estimate of drug-likeness (QED) is 0.652. The number of amides is 2. The fourth-order valence-electron chi connectivity index (χ4n) is 2.52. The molecule has 0 spiro atoms. The summed E-state index contributed by atoms with van der Waals surface area (Å²) in [4.78, 5) is 29.2. The first-order chi connectivity index (χ1) is 12.9. The Kier molecular flexibility index (Phi) is 5.93. The van der Waals surface area contributed by atoms with Crippen molar-refractivity contribution in [1.29, 1.82) is 0 Å². The van der Waals surface area contributed by atoms with E-state index in [9.17, 15) is 9.59 Å². The Morgan fingerprint density at radius 1 is 1.26 bits per heavy atom. The SMILES string of the molecule is Cc1cccc(Cc2cnc(NC(=O)CNC(=O)c3ccoc3C)s2)c1Cl. The van der Waals surface area contributed by atoms with Gasteiger partial charge < -0.3 is 15.1 Å². The summed E-state index contributed by atoms with van der Waals surface area (Å²) in [6.45, 7) is 3.50. The molecule has 0 aliphatic heterocycles. The zero-order valence-electron chi connectivity index (χ0n) is 14.8. The van der Waals surface area contributed by atoms with Crippen molar-refractivity contribution >= 4 is 39.9 Å². The lowest BCUT2D eigenvalue weighted by molar-refractivity contribution is -0.115. The van der Waals surface area contributed by atoms with Gasteiger partial charge in [0.1, 0.15) is 5.76 Å². The minimum atomic E-state index is -0.356. The molecule has 0 aliphatic rings. The molecule has 0 saturated heterocycles. The molecule has 2 aromatic heterocycles. The second-order valence-electron chi connectivity index (χ2n) is 5.98. The summed E-state index contributed by atoms with van der Waals surface area (Å²) < 4.78 is 5.08. The molecule has 0 aliphatic carbocycles. The Morgan fingerprint density at radius 3 is 2.81 bits per heavy atom. The van der Waals surface area contributed by atoms with E-state index in [2.05, 4.69) is 15.6 Å². The van der Waals surface area contributed by atoms with E-state index in [1.807, 2.05) is 25.1 Å². The van der Waals surface area contributed by atoms with Crippen LogP contribution < -0.4 is 10.6 Å². The Labute approximate surface area is 165 Å². The van der Waals surface area contributed by atoms with Crippen molar-refractivity contribution in [2.24, 2.45) is 0 Å². The van der Waals surface area contributed by atoms with Crippen LogP contribution in [0.4, 0.5) is 5.13 Å². The van der Waals surface area contributed by atoms with Gasteiger partial charge in [-0.25, -0.2) is 4.98 Å². The topological polar surface area (TPSA) is 84.2 Å². The molecule has 3 rings (SSSR count). The van der Waals surface area contributed by atoms with Crippen LogP contribution in [0.2, 0.25) is 5.02 Å². The molecular formula is C19H18ClN3O3S. The normalized spacial score (nSPS) is 10.6. The van der Waals surface area contributed by atoms with Crippen LogP contribution in [0.1, 0.15) is 32.1 Å². The molecular weight excluding hydrogens is 386 g/mol. The standard InChI is InChI=1S/C19H18ClN3O3S/c1-11-4-3-5-13(17(11)20)8-14-9-22-19(27-14)23-16(24)10-21-18(25)15-6-7-26-12(15)2/h3-7,9H,8,10H2,1-2H3,(H,21,25)(H,22,23,24). The third-order valence-electron chi connectivity index (χ3n) is 3.95. The highest BCUT2D eigenvalue weighted by atomic mass is 35.5. The largest absolute Gasteiger partial charge is 0.469 e. The summed E-state index contributed by atoms with van der Waals surface area (Å²) in [6, 6.07) is 7.46. The number of hydrogen-bond donors (Lipinski definition) is 2. The first-order valence-corrected chi connectivity index (χ1v) is 9.44. The zero-order valence-corrected chi connectivity index (χ0v) is 16.4. The predicted octanol–water partition coefficient (Wildman–Crippen LogP) is 3.97. The Bertz CT molecular complexity index is 980. The van der Waals surface area contributed by atoms with Crippen LogP contribution in [0, 0.1) is 13.8 Å². The molecule has 27 heavy (non-hydrogen) atoms. The van der Waals surface area contributed by atoms with E-state index < -0.39 is 0 Å². The van der Waals surface area contributed by atoms with Crippen LogP contribution in [0.5, 0.6) is 0 Å². The molecule has 0 saturated carbocycles. The maximum Gasteiger partial charge on any atom is 0.255 e. The molecule has 3 aromatic rings.